The summed E-state index contributed by atoms with van der Waals surface area (Å²) in [7, 11) is 4.11. The third kappa shape index (κ3) is 3.41. The molecule has 0 heterocycles. The number of allylic oxidation sites excluding steroid dienone is 1. The fourth-order valence-electron chi connectivity index (χ4n) is 2.85. The Balaban J connectivity index is 2.64. The van der Waals surface area contributed by atoms with Crippen molar-refractivity contribution in [3.63, 3.8) is 0 Å². The lowest BCUT2D eigenvalue weighted by Crippen LogP contribution is -2.53. The molecule has 0 unspecified atom stereocenters. The third-order valence-electron chi connectivity index (χ3n) is 4.29. The van der Waals surface area contributed by atoms with Gasteiger partial charge < -0.3 is 0 Å². The van der Waals surface area contributed by atoms with Crippen LogP contribution < -0.4 is 0 Å². The van der Waals surface area contributed by atoms with Gasteiger partial charge in [-0.2, -0.15) is 0 Å². The Labute approximate surface area is 106 Å². The van der Waals surface area contributed by atoms with Crippen molar-refractivity contribution in [2.75, 3.05) is 14.1 Å². The van der Waals surface area contributed by atoms with E-state index < -0.39 is 0 Å². The molecule has 1 saturated carbocycles. The highest BCUT2D eigenvalue weighted by Crippen LogP contribution is 2.36. The largest absolute Gasteiger partial charge is 0.298 e. The van der Waals surface area contributed by atoms with E-state index in [-0.39, 0.29) is 5.54 Å². The summed E-state index contributed by atoms with van der Waals surface area (Å²) in [5.74, 6) is 1.22. The van der Waals surface area contributed by atoms with Gasteiger partial charge in [0.05, 0.1) is 5.54 Å². The van der Waals surface area contributed by atoms with Crippen LogP contribution in [0, 0.1) is 5.92 Å². The second-order valence-electron chi connectivity index (χ2n) is 5.71. The van der Waals surface area contributed by atoms with Crippen LogP contribution in [0.2, 0.25) is 0 Å². The van der Waals surface area contributed by atoms with E-state index in [9.17, 15) is 4.79 Å². The Morgan fingerprint density at radius 2 is 2.00 bits per heavy atom. The van der Waals surface area contributed by atoms with E-state index in [4.69, 9.17) is 0 Å². The molecule has 0 aromatic carbocycles. The summed E-state index contributed by atoms with van der Waals surface area (Å²) >= 11 is 0. The second kappa shape index (κ2) is 6.34. The quantitative estimate of drug-likeness (QED) is 0.521. The van der Waals surface area contributed by atoms with Crippen molar-refractivity contribution in [1.82, 2.24) is 4.90 Å². The molecular weight excluding hydrogens is 210 g/mol. The van der Waals surface area contributed by atoms with Gasteiger partial charge in [0.2, 0.25) is 0 Å². The molecule has 98 valence electrons. The van der Waals surface area contributed by atoms with E-state index in [1.807, 2.05) is 6.08 Å². The molecule has 2 heteroatoms. The van der Waals surface area contributed by atoms with Gasteiger partial charge >= 0.3 is 0 Å². The molecule has 1 aliphatic carbocycles. The van der Waals surface area contributed by atoms with Crippen LogP contribution in [0.15, 0.2) is 12.7 Å². The predicted octanol–water partition coefficient (Wildman–Crippen LogP) is 3.42. The van der Waals surface area contributed by atoms with E-state index in [1.54, 1.807) is 0 Å². The van der Waals surface area contributed by atoms with Gasteiger partial charge in [-0.3, -0.25) is 9.69 Å². The minimum atomic E-state index is -0.173. The first-order chi connectivity index (χ1) is 8.03. The summed E-state index contributed by atoms with van der Waals surface area (Å²) < 4.78 is 0. The van der Waals surface area contributed by atoms with Crippen LogP contribution in [0.25, 0.3) is 0 Å². The van der Waals surface area contributed by atoms with Crippen LogP contribution in [0.1, 0.15) is 51.9 Å². The topological polar surface area (TPSA) is 20.3 Å². The Kier molecular flexibility index (Phi) is 5.38. The Bertz CT molecular complexity index is 262. The van der Waals surface area contributed by atoms with Crippen LogP contribution in [-0.2, 0) is 4.79 Å². The number of hydrogen-bond acceptors (Lipinski definition) is 2. The molecule has 1 rings (SSSR count). The van der Waals surface area contributed by atoms with Crippen molar-refractivity contribution in [3.8, 4) is 0 Å². The lowest BCUT2D eigenvalue weighted by atomic mass is 9.73. The number of Topliss-reactive ketones (excluding diaryl/α,β-unsaturated/α-hetero) is 1. The Morgan fingerprint density at radius 3 is 2.47 bits per heavy atom. The zero-order valence-electron chi connectivity index (χ0n) is 11.7. The van der Waals surface area contributed by atoms with Crippen LogP contribution in [0.4, 0.5) is 0 Å². The van der Waals surface area contributed by atoms with Crippen molar-refractivity contribution in [3.05, 3.63) is 12.7 Å². The zero-order chi connectivity index (χ0) is 12.9. The molecule has 0 N–H and O–H groups in total. The first-order valence-electron chi connectivity index (χ1n) is 6.84. The molecule has 1 aliphatic rings. The van der Waals surface area contributed by atoms with Crippen molar-refractivity contribution in [2.45, 2.75) is 57.4 Å². The summed E-state index contributed by atoms with van der Waals surface area (Å²) in [5.41, 5.74) is -0.173. The number of hydrogen-bond donors (Lipinski definition) is 0. The number of nitrogens with zero attached hydrogens (tertiary/aromatic N) is 1. The fraction of sp³-hybridized carbons (Fsp3) is 0.800. The highest BCUT2D eigenvalue weighted by molar-refractivity contribution is 5.88. The maximum atomic E-state index is 12.5. The van der Waals surface area contributed by atoms with Gasteiger partial charge in [0.25, 0.3) is 0 Å². The van der Waals surface area contributed by atoms with Gasteiger partial charge in [0.1, 0.15) is 0 Å². The first kappa shape index (κ1) is 14.4. The second-order valence-corrected chi connectivity index (χ2v) is 5.71. The van der Waals surface area contributed by atoms with E-state index in [0.29, 0.717) is 12.2 Å². The third-order valence-corrected chi connectivity index (χ3v) is 4.29. The zero-order valence-corrected chi connectivity index (χ0v) is 11.7. The van der Waals surface area contributed by atoms with Crippen molar-refractivity contribution >= 4 is 5.78 Å². The Hall–Kier alpha value is -0.630. The van der Waals surface area contributed by atoms with Crippen molar-refractivity contribution in [1.29, 1.82) is 0 Å². The van der Waals surface area contributed by atoms with Gasteiger partial charge in [0.15, 0.2) is 5.78 Å². The molecular formula is C15H27NO. The molecule has 17 heavy (non-hydrogen) atoms. The number of ketones is 1. The van der Waals surface area contributed by atoms with Gasteiger partial charge in [-0.25, -0.2) is 0 Å². The standard InChI is InChI=1S/C15H27NO/c1-5-6-7-8-14(17)15(16(3)4)11-9-13(2)10-12-15/h5,13H,1,6-12H2,2-4H3. The number of carbonyl (C=O) groups excluding carboxylic acids is 1. The molecule has 0 amide bonds. The molecule has 0 bridgehead atoms. The van der Waals surface area contributed by atoms with Crippen LogP contribution in [-0.4, -0.2) is 30.3 Å². The Morgan fingerprint density at radius 1 is 1.41 bits per heavy atom. The lowest BCUT2D eigenvalue weighted by molar-refractivity contribution is -0.132. The molecule has 0 radical (unpaired) electrons. The van der Waals surface area contributed by atoms with Crippen molar-refractivity contribution < 1.29 is 4.79 Å². The molecule has 1 fully saturated rings. The van der Waals surface area contributed by atoms with Crippen LogP contribution >= 0.6 is 0 Å². The molecule has 0 saturated heterocycles. The van der Waals surface area contributed by atoms with Gasteiger partial charge in [0, 0.05) is 6.42 Å². The number of likely N-dealkylation sites (N-methyl/N-ethyl adjacent to an activating group) is 1. The summed E-state index contributed by atoms with van der Waals surface area (Å²) in [6, 6.07) is 0. The van der Waals surface area contributed by atoms with E-state index in [2.05, 4.69) is 32.5 Å². The van der Waals surface area contributed by atoms with E-state index in [1.165, 1.54) is 12.8 Å². The highest BCUT2D eigenvalue weighted by Gasteiger charge is 2.41. The van der Waals surface area contributed by atoms with Gasteiger partial charge in [-0.15, -0.1) is 6.58 Å². The van der Waals surface area contributed by atoms with Gasteiger partial charge in [-0.05, 0) is 58.5 Å². The SMILES string of the molecule is C=CCCCC(=O)C1(N(C)C)CCC(C)CC1. The summed E-state index contributed by atoms with van der Waals surface area (Å²) in [5, 5.41) is 0. The molecule has 0 spiro atoms. The highest BCUT2D eigenvalue weighted by atomic mass is 16.1. The predicted molar refractivity (Wildman–Crippen MR) is 73.1 cm³/mol. The lowest BCUT2D eigenvalue weighted by Gasteiger charge is -2.43. The molecule has 0 aliphatic heterocycles. The normalized spacial score (nSPS) is 29.3. The van der Waals surface area contributed by atoms with E-state index >= 15 is 0 Å². The maximum Gasteiger partial charge on any atom is 0.153 e. The minimum Gasteiger partial charge on any atom is -0.298 e. The summed E-state index contributed by atoms with van der Waals surface area (Å²) in [6.07, 6.45) is 8.95. The smallest absolute Gasteiger partial charge is 0.153 e. The van der Waals surface area contributed by atoms with Crippen LogP contribution in [0.5, 0.6) is 0 Å². The van der Waals surface area contributed by atoms with E-state index in [0.717, 1.165) is 31.6 Å². The molecule has 0 aromatic heterocycles. The average Bonchev–Trinajstić information content (AvgIpc) is 2.30. The monoisotopic (exact) mass is 237 g/mol. The molecule has 0 aromatic rings. The number of unbranched alkanes of at least 4 members (excludes halogenated alkanes) is 1. The minimum absolute atomic E-state index is 0.173. The maximum absolute atomic E-state index is 12.5. The summed E-state index contributed by atoms with van der Waals surface area (Å²) in [4.78, 5) is 14.6. The first-order valence-corrected chi connectivity index (χ1v) is 6.84. The van der Waals surface area contributed by atoms with Gasteiger partial charge in [-0.1, -0.05) is 13.0 Å². The molecule has 0 atom stereocenters. The summed E-state index contributed by atoms with van der Waals surface area (Å²) in [6.45, 7) is 6.00. The number of carbonyl (C=O) groups is 1. The van der Waals surface area contributed by atoms with Crippen LogP contribution in [0.3, 0.4) is 0 Å². The number of rotatable bonds is 6. The fourth-order valence-corrected chi connectivity index (χ4v) is 2.85. The molecule has 2 nitrogen and oxygen atoms in total. The average molecular weight is 237 g/mol. The van der Waals surface area contributed by atoms with Crippen molar-refractivity contribution in [2.24, 2.45) is 5.92 Å².